The number of hydrogen-bond donors (Lipinski definition) is 1. The molecule has 0 saturated carbocycles. The van der Waals surface area contributed by atoms with Crippen molar-refractivity contribution in [3.63, 3.8) is 0 Å². The average molecular weight is 462 g/mol. The zero-order valence-corrected chi connectivity index (χ0v) is 19.2. The summed E-state index contributed by atoms with van der Waals surface area (Å²) in [6, 6.07) is 18.4. The number of anilines is 2. The quantitative estimate of drug-likeness (QED) is 0.427. The maximum absolute atomic E-state index is 13.2. The molecule has 0 saturated heterocycles. The number of carbonyl (C=O) groups excluding carboxylic acids is 1. The van der Waals surface area contributed by atoms with Gasteiger partial charge in [0.05, 0.1) is 23.0 Å². The smallest absolute Gasteiger partial charge is 0.258 e. The van der Waals surface area contributed by atoms with E-state index >= 15 is 0 Å². The van der Waals surface area contributed by atoms with Crippen LogP contribution < -0.4 is 10.5 Å². The molecule has 4 aromatic rings. The zero-order chi connectivity index (χ0) is 23.4. The molecule has 0 fully saturated rings. The van der Waals surface area contributed by atoms with Crippen LogP contribution in [0.1, 0.15) is 29.5 Å². The predicted octanol–water partition coefficient (Wildman–Crippen LogP) is 4.79. The molecule has 0 atom stereocenters. The van der Waals surface area contributed by atoms with Crippen molar-refractivity contribution < 1.29 is 4.79 Å². The number of benzene rings is 2. The van der Waals surface area contributed by atoms with E-state index in [0.29, 0.717) is 33.9 Å². The van der Waals surface area contributed by atoms with Crippen LogP contribution in [0.4, 0.5) is 11.5 Å². The summed E-state index contributed by atoms with van der Waals surface area (Å²) in [5.41, 5.74) is 1.72. The number of nitrogens with one attached hydrogen (secondary N) is 1. The van der Waals surface area contributed by atoms with Crippen molar-refractivity contribution >= 4 is 39.9 Å². The second-order valence-electron chi connectivity index (χ2n) is 7.70. The van der Waals surface area contributed by atoms with Gasteiger partial charge in [0, 0.05) is 30.5 Å². The van der Waals surface area contributed by atoms with E-state index in [1.165, 1.54) is 0 Å². The zero-order valence-electron chi connectivity index (χ0n) is 18.5. The monoisotopic (exact) mass is 461 g/mol. The lowest BCUT2D eigenvalue weighted by molar-refractivity contribution is 0.0738. The molecule has 2 heterocycles. The Labute approximate surface area is 196 Å². The van der Waals surface area contributed by atoms with Crippen LogP contribution in [-0.2, 0) is 6.54 Å². The highest BCUT2D eigenvalue weighted by Gasteiger charge is 2.18. The molecule has 0 radical (unpaired) electrons. The molecule has 8 heteroatoms. The second kappa shape index (κ2) is 9.83. The first-order valence-electron chi connectivity index (χ1n) is 10.7. The summed E-state index contributed by atoms with van der Waals surface area (Å²) in [6.07, 6.45) is 2.34. The van der Waals surface area contributed by atoms with Gasteiger partial charge in [-0.1, -0.05) is 36.7 Å². The molecule has 4 rings (SSSR count). The first-order valence-corrected chi connectivity index (χ1v) is 11.1. The van der Waals surface area contributed by atoms with E-state index in [9.17, 15) is 9.59 Å². The molecule has 0 spiro atoms. The van der Waals surface area contributed by atoms with Crippen LogP contribution in [0, 0.1) is 0 Å². The van der Waals surface area contributed by atoms with Crippen molar-refractivity contribution in [3.8, 4) is 0 Å². The summed E-state index contributed by atoms with van der Waals surface area (Å²) >= 11 is 6.06. The van der Waals surface area contributed by atoms with Gasteiger partial charge in [-0.3, -0.25) is 9.59 Å². The highest BCUT2D eigenvalue weighted by atomic mass is 35.5. The topological polar surface area (TPSA) is 82.2 Å². The number of aromatic nitrogens is 3. The van der Waals surface area contributed by atoms with Gasteiger partial charge in [-0.25, -0.2) is 9.97 Å². The lowest BCUT2D eigenvalue weighted by Crippen LogP contribution is -2.33. The number of H-pyrrole nitrogens is 1. The Balaban J connectivity index is 1.56. The number of halogens is 1. The molecule has 33 heavy (non-hydrogen) atoms. The lowest BCUT2D eigenvalue weighted by Gasteiger charge is -2.22. The van der Waals surface area contributed by atoms with Crippen LogP contribution in [0.3, 0.4) is 0 Å². The summed E-state index contributed by atoms with van der Waals surface area (Å²) in [5, 5.41) is 0.957. The number of nitrogens with zero attached hydrogens (tertiary/aromatic N) is 4. The summed E-state index contributed by atoms with van der Waals surface area (Å²) < 4.78 is 0. The summed E-state index contributed by atoms with van der Waals surface area (Å²) in [7, 11) is 1.93. The largest absolute Gasteiger partial charge is 0.331 e. The molecule has 0 aliphatic carbocycles. The third-order valence-electron chi connectivity index (χ3n) is 5.32. The predicted molar refractivity (Wildman–Crippen MR) is 131 cm³/mol. The number of aromatic amines is 1. The van der Waals surface area contributed by atoms with Crippen LogP contribution in [-0.4, -0.2) is 39.4 Å². The van der Waals surface area contributed by atoms with E-state index in [2.05, 4.69) is 15.0 Å². The number of pyridine rings is 1. The van der Waals surface area contributed by atoms with Gasteiger partial charge in [-0.15, -0.1) is 0 Å². The van der Waals surface area contributed by atoms with Crippen LogP contribution in [0.2, 0.25) is 5.02 Å². The van der Waals surface area contributed by atoms with Crippen molar-refractivity contribution in [3.05, 3.63) is 93.6 Å². The summed E-state index contributed by atoms with van der Waals surface area (Å²) in [6.45, 7) is 2.69. The van der Waals surface area contributed by atoms with Gasteiger partial charge in [0.25, 0.3) is 11.5 Å². The number of fused-ring (bicyclic) bond motifs is 1. The number of carbonyl (C=O) groups is 1. The third-order valence-corrected chi connectivity index (χ3v) is 5.56. The molecular formula is C25H24ClN5O2. The number of para-hydroxylation sites is 1. The Morgan fingerprint density at radius 3 is 2.58 bits per heavy atom. The van der Waals surface area contributed by atoms with E-state index in [1.54, 1.807) is 35.4 Å². The standard InChI is InChI=1S/C25H24ClN5O2/c1-3-13-31(16-22-28-21-14-18(26)10-11-20(21)24(32)29-22)25(33)17-9-12-23(27-15-17)30(2)19-7-5-4-6-8-19/h4-12,14-15H,3,13,16H2,1-2H3,(H,28,29,32). The fraction of sp³-hybridized carbons (Fsp3) is 0.200. The van der Waals surface area contributed by atoms with Crippen molar-refractivity contribution in [1.29, 1.82) is 0 Å². The molecule has 0 aliphatic heterocycles. The molecule has 168 valence electrons. The lowest BCUT2D eigenvalue weighted by atomic mass is 10.2. The van der Waals surface area contributed by atoms with Crippen LogP contribution in [0.15, 0.2) is 71.7 Å². The fourth-order valence-electron chi connectivity index (χ4n) is 3.62. The maximum atomic E-state index is 13.2. The highest BCUT2D eigenvalue weighted by molar-refractivity contribution is 6.31. The van der Waals surface area contributed by atoms with E-state index in [0.717, 1.165) is 17.9 Å². The minimum absolute atomic E-state index is 0.174. The molecule has 1 N–H and O–H groups in total. The van der Waals surface area contributed by atoms with Crippen LogP contribution in [0.5, 0.6) is 0 Å². The molecular weight excluding hydrogens is 438 g/mol. The first kappa shape index (κ1) is 22.5. The van der Waals surface area contributed by atoms with E-state index in [4.69, 9.17) is 11.6 Å². The van der Waals surface area contributed by atoms with Crippen LogP contribution >= 0.6 is 11.6 Å². The Hall–Kier alpha value is -3.71. The Morgan fingerprint density at radius 1 is 1.09 bits per heavy atom. The summed E-state index contributed by atoms with van der Waals surface area (Å²) in [4.78, 5) is 41.1. The number of amides is 1. The van der Waals surface area contributed by atoms with Crippen molar-refractivity contribution in [2.45, 2.75) is 19.9 Å². The Bertz CT molecular complexity index is 1320. The molecule has 1 amide bonds. The minimum atomic E-state index is -0.259. The fourth-order valence-corrected chi connectivity index (χ4v) is 3.78. The van der Waals surface area contributed by atoms with Gasteiger partial charge in [0.2, 0.25) is 0 Å². The van der Waals surface area contributed by atoms with Gasteiger partial charge < -0.3 is 14.8 Å². The molecule has 0 bridgehead atoms. The SMILES string of the molecule is CCCN(Cc1nc2cc(Cl)ccc2c(=O)[nH]1)C(=O)c1ccc(N(C)c2ccccc2)nc1. The highest BCUT2D eigenvalue weighted by Crippen LogP contribution is 2.21. The van der Waals surface area contributed by atoms with Crippen molar-refractivity contribution in [2.24, 2.45) is 0 Å². The van der Waals surface area contributed by atoms with Crippen molar-refractivity contribution in [2.75, 3.05) is 18.5 Å². The van der Waals surface area contributed by atoms with E-state index in [1.807, 2.05) is 55.3 Å². The Morgan fingerprint density at radius 2 is 1.88 bits per heavy atom. The molecule has 0 unspecified atom stereocenters. The second-order valence-corrected chi connectivity index (χ2v) is 8.14. The molecule has 2 aromatic carbocycles. The third kappa shape index (κ3) is 5.04. The normalized spacial score (nSPS) is 10.9. The van der Waals surface area contributed by atoms with Gasteiger partial charge in [-0.05, 0) is 48.9 Å². The molecule has 0 aliphatic rings. The Kier molecular flexibility index (Phi) is 6.70. The number of rotatable bonds is 7. The van der Waals surface area contributed by atoms with Gasteiger partial charge in [0.15, 0.2) is 0 Å². The van der Waals surface area contributed by atoms with Gasteiger partial charge >= 0.3 is 0 Å². The summed E-state index contributed by atoms with van der Waals surface area (Å²) in [5.74, 6) is 0.967. The van der Waals surface area contributed by atoms with Gasteiger partial charge in [-0.2, -0.15) is 0 Å². The molecule has 7 nitrogen and oxygen atoms in total. The van der Waals surface area contributed by atoms with E-state index < -0.39 is 0 Å². The minimum Gasteiger partial charge on any atom is -0.331 e. The average Bonchev–Trinajstić information content (AvgIpc) is 2.83. The first-order chi connectivity index (χ1) is 16.0. The number of hydrogen-bond acceptors (Lipinski definition) is 5. The van der Waals surface area contributed by atoms with Crippen molar-refractivity contribution in [1.82, 2.24) is 19.9 Å². The van der Waals surface area contributed by atoms with Gasteiger partial charge in [0.1, 0.15) is 11.6 Å². The molecule has 2 aromatic heterocycles. The van der Waals surface area contributed by atoms with E-state index in [-0.39, 0.29) is 18.0 Å². The van der Waals surface area contributed by atoms with Crippen LogP contribution in [0.25, 0.3) is 10.9 Å². The maximum Gasteiger partial charge on any atom is 0.258 e.